The highest BCUT2D eigenvalue weighted by molar-refractivity contribution is 4.89. The first kappa shape index (κ1) is 9.88. The quantitative estimate of drug-likeness (QED) is 0.450. The molecule has 0 aromatic heterocycles. The van der Waals surface area contributed by atoms with Gasteiger partial charge in [0.05, 0.1) is 12.1 Å². The number of hydrogen-bond donors (Lipinski definition) is 3. The van der Waals surface area contributed by atoms with E-state index in [1.807, 2.05) is 0 Å². The van der Waals surface area contributed by atoms with Crippen molar-refractivity contribution in [3.63, 3.8) is 0 Å². The first-order valence-corrected chi connectivity index (χ1v) is 3.88. The number of aliphatic hydroxyl groups excluding tert-OH is 2. The van der Waals surface area contributed by atoms with Crippen LogP contribution in [0.15, 0.2) is 0 Å². The average Bonchev–Trinajstić information content (AvgIpc) is 2.08. The molecule has 1 rings (SSSR count). The summed E-state index contributed by atoms with van der Waals surface area (Å²) in [5, 5.41) is 18.7. The number of hydrogen-bond acceptors (Lipinski definition) is 5. The van der Waals surface area contributed by atoms with E-state index in [2.05, 4.69) is 0 Å². The van der Waals surface area contributed by atoms with Gasteiger partial charge >= 0.3 is 0 Å². The third-order valence-corrected chi connectivity index (χ3v) is 2.15. The fraction of sp³-hybridized carbons (Fsp3) is 1.00. The van der Waals surface area contributed by atoms with Crippen molar-refractivity contribution in [2.45, 2.75) is 37.6 Å². The standard InChI is InChI=1S/C7H15NO4/c1-3-4(8)5(9)6(10)7(11-2)12-3/h3-7,9-10H,8H2,1-2H3/t3-,4-,5-,6-,7+/m0/s1. The minimum absolute atomic E-state index is 0.312. The molecule has 0 unspecified atom stereocenters. The molecular formula is C7H15NO4. The maximum Gasteiger partial charge on any atom is 0.186 e. The summed E-state index contributed by atoms with van der Waals surface area (Å²) >= 11 is 0. The lowest BCUT2D eigenvalue weighted by Gasteiger charge is -2.39. The summed E-state index contributed by atoms with van der Waals surface area (Å²) in [6, 6.07) is -0.564. The molecule has 0 aromatic carbocycles. The van der Waals surface area contributed by atoms with Crippen molar-refractivity contribution >= 4 is 0 Å². The second kappa shape index (κ2) is 3.68. The Morgan fingerprint density at radius 1 is 1.33 bits per heavy atom. The Hall–Kier alpha value is -0.200. The van der Waals surface area contributed by atoms with Crippen LogP contribution >= 0.6 is 0 Å². The molecule has 0 amide bonds. The largest absolute Gasteiger partial charge is 0.388 e. The second-order valence-corrected chi connectivity index (χ2v) is 3.00. The molecule has 0 aliphatic carbocycles. The fourth-order valence-electron chi connectivity index (χ4n) is 1.24. The SMILES string of the molecule is CO[C@@H]1O[C@@H](C)[C@H](N)[C@H](O)[C@@H]1O. The van der Waals surface area contributed by atoms with Gasteiger partial charge in [0.15, 0.2) is 6.29 Å². The van der Waals surface area contributed by atoms with Gasteiger partial charge < -0.3 is 25.4 Å². The van der Waals surface area contributed by atoms with Crippen molar-refractivity contribution in [1.29, 1.82) is 0 Å². The van der Waals surface area contributed by atoms with Gasteiger partial charge in [-0.1, -0.05) is 0 Å². The molecule has 0 aromatic rings. The minimum atomic E-state index is -1.07. The van der Waals surface area contributed by atoms with Crippen molar-refractivity contribution in [2.75, 3.05) is 7.11 Å². The summed E-state index contributed by atoms with van der Waals surface area (Å²) in [5.74, 6) is 0. The van der Waals surface area contributed by atoms with Crippen LogP contribution in [0.4, 0.5) is 0 Å². The van der Waals surface area contributed by atoms with Crippen LogP contribution in [-0.4, -0.2) is 48.0 Å². The molecule has 4 N–H and O–H groups in total. The number of ether oxygens (including phenoxy) is 2. The highest BCUT2D eigenvalue weighted by Crippen LogP contribution is 2.19. The smallest absolute Gasteiger partial charge is 0.186 e. The molecule has 1 aliphatic heterocycles. The van der Waals surface area contributed by atoms with Crippen LogP contribution in [0.5, 0.6) is 0 Å². The van der Waals surface area contributed by atoms with E-state index >= 15 is 0 Å². The fourth-order valence-corrected chi connectivity index (χ4v) is 1.24. The van der Waals surface area contributed by atoms with Gasteiger partial charge in [0.25, 0.3) is 0 Å². The van der Waals surface area contributed by atoms with Gasteiger partial charge in [-0.25, -0.2) is 0 Å². The third-order valence-electron chi connectivity index (χ3n) is 2.15. The molecule has 5 nitrogen and oxygen atoms in total. The van der Waals surface area contributed by atoms with E-state index in [1.54, 1.807) is 6.92 Å². The highest BCUT2D eigenvalue weighted by atomic mass is 16.7. The lowest BCUT2D eigenvalue weighted by Crippen LogP contribution is -2.60. The Bertz CT molecular complexity index is 150. The summed E-state index contributed by atoms with van der Waals surface area (Å²) in [6.45, 7) is 1.73. The topological polar surface area (TPSA) is 84.9 Å². The van der Waals surface area contributed by atoms with Crippen LogP contribution in [0.25, 0.3) is 0 Å². The van der Waals surface area contributed by atoms with Gasteiger partial charge in [-0.2, -0.15) is 0 Å². The Balaban J connectivity index is 2.63. The molecule has 12 heavy (non-hydrogen) atoms. The molecule has 0 bridgehead atoms. The molecule has 1 saturated heterocycles. The van der Waals surface area contributed by atoms with Gasteiger partial charge in [-0.05, 0) is 6.92 Å². The van der Waals surface area contributed by atoms with Crippen LogP contribution in [0.1, 0.15) is 6.92 Å². The molecule has 1 aliphatic rings. The van der Waals surface area contributed by atoms with E-state index < -0.39 is 24.5 Å². The average molecular weight is 177 g/mol. The Kier molecular flexibility index (Phi) is 3.03. The second-order valence-electron chi connectivity index (χ2n) is 3.00. The predicted molar refractivity (Wildman–Crippen MR) is 41.3 cm³/mol. The number of rotatable bonds is 1. The van der Waals surface area contributed by atoms with E-state index in [1.165, 1.54) is 7.11 Å². The van der Waals surface area contributed by atoms with Gasteiger partial charge in [-0.15, -0.1) is 0 Å². The van der Waals surface area contributed by atoms with E-state index in [-0.39, 0.29) is 6.10 Å². The van der Waals surface area contributed by atoms with Gasteiger partial charge in [0.1, 0.15) is 12.2 Å². The first-order chi connectivity index (χ1) is 5.57. The molecular weight excluding hydrogens is 162 g/mol. The van der Waals surface area contributed by atoms with Gasteiger partial charge in [-0.3, -0.25) is 0 Å². The molecule has 0 saturated carbocycles. The number of methoxy groups -OCH3 is 1. The summed E-state index contributed by atoms with van der Waals surface area (Å²) in [7, 11) is 1.41. The predicted octanol–water partition coefficient (Wildman–Crippen LogP) is -1.57. The molecule has 1 fully saturated rings. The Morgan fingerprint density at radius 3 is 2.42 bits per heavy atom. The van der Waals surface area contributed by atoms with Crippen LogP contribution in [0.3, 0.4) is 0 Å². The van der Waals surface area contributed by atoms with Gasteiger partial charge in [0.2, 0.25) is 0 Å². The maximum absolute atomic E-state index is 9.38. The lowest BCUT2D eigenvalue weighted by molar-refractivity contribution is -0.260. The van der Waals surface area contributed by atoms with Crippen molar-refractivity contribution in [3.05, 3.63) is 0 Å². The zero-order valence-electron chi connectivity index (χ0n) is 7.18. The monoisotopic (exact) mass is 177 g/mol. The summed E-state index contributed by atoms with van der Waals surface area (Å²) in [5.41, 5.74) is 5.54. The molecule has 72 valence electrons. The van der Waals surface area contributed by atoms with E-state index in [9.17, 15) is 10.2 Å². The lowest BCUT2D eigenvalue weighted by atomic mass is 9.98. The molecule has 5 heteroatoms. The molecule has 5 atom stereocenters. The highest BCUT2D eigenvalue weighted by Gasteiger charge is 2.40. The molecule has 0 radical (unpaired) electrons. The molecule has 0 spiro atoms. The number of nitrogens with two attached hydrogens (primary N) is 1. The molecule has 1 heterocycles. The van der Waals surface area contributed by atoms with E-state index in [0.29, 0.717) is 0 Å². The van der Waals surface area contributed by atoms with Crippen molar-refractivity contribution in [3.8, 4) is 0 Å². The Morgan fingerprint density at radius 2 is 1.92 bits per heavy atom. The summed E-state index contributed by atoms with van der Waals surface area (Å²) in [6.07, 6.45) is -3.15. The van der Waals surface area contributed by atoms with E-state index in [0.717, 1.165) is 0 Å². The van der Waals surface area contributed by atoms with Gasteiger partial charge in [0, 0.05) is 7.11 Å². The summed E-state index contributed by atoms with van der Waals surface area (Å²) in [4.78, 5) is 0. The zero-order chi connectivity index (χ0) is 9.30. The third kappa shape index (κ3) is 1.60. The van der Waals surface area contributed by atoms with Crippen molar-refractivity contribution in [2.24, 2.45) is 5.73 Å². The van der Waals surface area contributed by atoms with Crippen molar-refractivity contribution < 1.29 is 19.7 Å². The first-order valence-electron chi connectivity index (χ1n) is 3.88. The zero-order valence-corrected chi connectivity index (χ0v) is 7.18. The van der Waals surface area contributed by atoms with Crippen LogP contribution < -0.4 is 5.73 Å². The summed E-state index contributed by atoms with van der Waals surface area (Å²) < 4.78 is 9.98. The normalized spacial score (nSPS) is 49.2. The Labute approximate surface area is 71.1 Å². The number of aliphatic hydroxyl groups is 2. The maximum atomic E-state index is 9.38. The van der Waals surface area contributed by atoms with Crippen LogP contribution in [-0.2, 0) is 9.47 Å². The van der Waals surface area contributed by atoms with Crippen molar-refractivity contribution in [1.82, 2.24) is 0 Å². The van der Waals surface area contributed by atoms with Crippen LogP contribution in [0.2, 0.25) is 0 Å². The van der Waals surface area contributed by atoms with E-state index in [4.69, 9.17) is 15.2 Å². The minimum Gasteiger partial charge on any atom is -0.388 e. The van der Waals surface area contributed by atoms with Crippen LogP contribution in [0, 0.1) is 0 Å².